The number of hydrogen-bond donors (Lipinski definition) is 1. The summed E-state index contributed by atoms with van der Waals surface area (Å²) in [6.07, 6.45) is -4.06. The Kier molecular flexibility index (Phi) is 7.01. The summed E-state index contributed by atoms with van der Waals surface area (Å²) in [6, 6.07) is 21.8. The van der Waals surface area contributed by atoms with E-state index in [1.807, 2.05) is 49.4 Å². The molecule has 1 amide bonds. The van der Waals surface area contributed by atoms with Gasteiger partial charge in [0.05, 0.1) is 24.2 Å². The van der Waals surface area contributed by atoms with Crippen LogP contribution in [0.1, 0.15) is 54.2 Å². The highest BCUT2D eigenvalue weighted by Gasteiger charge is 2.40. The maximum absolute atomic E-state index is 13.0. The maximum atomic E-state index is 13.0. The zero-order valence-electron chi connectivity index (χ0n) is 18.6. The van der Waals surface area contributed by atoms with E-state index in [-0.39, 0.29) is 18.4 Å². The third-order valence-electron chi connectivity index (χ3n) is 6.10. The van der Waals surface area contributed by atoms with Crippen LogP contribution >= 0.6 is 11.6 Å². The predicted molar refractivity (Wildman–Crippen MR) is 125 cm³/mol. The normalized spacial score (nSPS) is 22.9. The van der Waals surface area contributed by atoms with Gasteiger partial charge in [0, 0.05) is 23.4 Å². The molecule has 1 aliphatic heterocycles. The zero-order valence-corrected chi connectivity index (χ0v) is 19.4. The molecule has 1 fully saturated rings. The van der Waals surface area contributed by atoms with Crippen molar-refractivity contribution in [3.63, 3.8) is 0 Å². The summed E-state index contributed by atoms with van der Waals surface area (Å²) < 4.78 is 45.4. The van der Waals surface area contributed by atoms with E-state index in [0.717, 1.165) is 23.3 Å². The van der Waals surface area contributed by atoms with Crippen molar-refractivity contribution >= 4 is 17.5 Å². The molecule has 1 saturated heterocycles. The molecular weight excluding hydrogens is 463 g/mol. The van der Waals surface area contributed by atoms with E-state index in [0.29, 0.717) is 23.4 Å². The van der Waals surface area contributed by atoms with Gasteiger partial charge in [-0.05, 0) is 47.9 Å². The lowest BCUT2D eigenvalue weighted by Gasteiger charge is -2.43. The fourth-order valence-corrected chi connectivity index (χ4v) is 4.54. The molecular formula is C27H25ClF3NO2. The summed E-state index contributed by atoms with van der Waals surface area (Å²) in [7, 11) is 0. The van der Waals surface area contributed by atoms with Crippen LogP contribution in [0, 0.1) is 0 Å². The number of hydrogen-bond acceptors (Lipinski definition) is 2. The Labute approximate surface area is 201 Å². The van der Waals surface area contributed by atoms with Crippen LogP contribution < -0.4 is 5.32 Å². The van der Waals surface area contributed by atoms with E-state index < -0.39 is 23.4 Å². The van der Waals surface area contributed by atoms with Gasteiger partial charge in [0.25, 0.3) is 0 Å². The minimum atomic E-state index is -4.41. The van der Waals surface area contributed by atoms with Crippen LogP contribution in [0.25, 0.3) is 0 Å². The number of benzene rings is 3. The highest BCUT2D eigenvalue weighted by molar-refractivity contribution is 6.30. The summed E-state index contributed by atoms with van der Waals surface area (Å²) in [6.45, 7) is 1.96. The number of ether oxygens (including phenoxy) is 1. The smallest absolute Gasteiger partial charge is 0.365 e. The number of nitrogens with one attached hydrogen (secondary N) is 1. The summed E-state index contributed by atoms with van der Waals surface area (Å²) >= 11 is 6.04. The van der Waals surface area contributed by atoms with Gasteiger partial charge in [0.2, 0.25) is 5.91 Å². The van der Waals surface area contributed by atoms with Gasteiger partial charge in [-0.3, -0.25) is 4.79 Å². The van der Waals surface area contributed by atoms with Crippen LogP contribution in [0.15, 0.2) is 78.9 Å². The average Bonchev–Trinajstić information content (AvgIpc) is 2.79. The Bertz CT molecular complexity index is 1120. The second-order valence-corrected chi connectivity index (χ2v) is 9.40. The van der Waals surface area contributed by atoms with Crippen LogP contribution in [0.2, 0.25) is 5.02 Å². The fourth-order valence-electron chi connectivity index (χ4n) is 4.42. The second-order valence-electron chi connectivity index (χ2n) is 8.96. The van der Waals surface area contributed by atoms with E-state index in [9.17, 15) is 18.0 Å². The zero-order chi connectivity index (χ0) is 24.3. The molecule has 0 radical (unpaired) electrons. The first kappa shape index (κ1) is 24.3. The third kappa shape index (κ3) is 5.99. The molecule has 3 atom stereocenters. The van der Waals surface area contributed by atoms with E-state index in [1.165, 1.54) is 12.1 Å². The molecule has 0 bridgehead atoms. The third-order valence-corrected chi connectivity index (χ3v) is 6.35. The number of rotatable bonds is 5. The first-order chi connectivity index (χ1) is 16.1. The summed E-state index contributed by atoms with van der Waals surface area (Å²) in [5.74, 6) is -0.114. The van der Waals surface area contributed by atoms with E-state index >= 15 is 0 Å². The van der Waals surface area contributed by atoms with Crippen molar-refractivity contribution in [3.05, 3.63) is 106 Å². The monoisotopic (exact) mass is 487 g/mol. The van der Waals surface area contributed by atoms with Crippen LogP contribution in [0.4, 0.5) is 13.2 Å². The second kappa shape index (κ2) is 9.80. The molecule has 3 nitrogen and oxygen atoms in total. The van der Waals surface area contributed by atoms with Crippen molar-refractivity contribution in [2.75, 3.05) is 0 Å². The number of carbonyl (C=O) groups is 1. The van der Waals surface area contributed by atoms with Gasteiger partial charge in [0.1, 0.15) is 0 Å². The largest absolute Gasteiger partial charge is 0.416 e. The highest BCUT2D eigenvalue weighted by atomic mass is 35.5. The molecule has 0 aliphatic carbocycles. The molecule has 1 heterocycles. The molecule has 4 rings (SSSR count). The summed E-state index contributed by atoms with van der Waals surface area (Å²) in [4.78, 5) is 12.9. The Balaban J connectivity index is 1.58. The van der Waals surface area contributed by atoms with Crippen molar-refractivity contribution in [1.29, 1.82) is 0 Å². The van der Waals surface area contributed by atoms with Gasteiger partial charge < -0.3 is 10.1 Å². The standard InChI is InChI=1S/C27H25ClF3NO2/c1-26(32-25(33)15-18-5-3-2-4-6-18)16-23(19-7-11-21(12-8-19)27(29,30)31)34-24(17-26)20-9-13-22(28)14-10-20/h2-14,23-24H,15-17H2,1H3,(H,32,33)/t23-,24+,26-/m1/s1. The SMILES string of the molecule is C[C@]1(NC(=O)Cc2ccccc2)C[C@@H](c2ccc(Cl)cc2)O[C@@H](c2ccc(C(F)(F)F)cc2)C1. The molecule has 1 aliphatic rings. The van der Waals surface area contributed by atoms with Crippen molar-refractivity contribution in [3.8, 4) is 0 Å². The fraction of sp³-hybridized carbons (Fsp3) is 0.296. The lowest BCUT2D eigenvalue weighted by Crippen LogP contribution is -2.51. The number of halogens is 4. The molecule has 1 N–H and O–H groups in total. The molecule has 0 saturated carbocycles. The molecule has 3 aromatic rings. The van der Waals surface area contributed by atoms with E-state index in [2.05, 4.69) is 5.32 Å². The van der Waals surface area contributed by atoms with Crippen molar-refractivity contribution in [2.45, 2.75) is 50.1 Å². The van der Waals surface area contributed by atoms with Crippen LogP contribution in [0.3, 0.4) is 0 Å². The lowest BCUT2D eigenvalue weighted by molar-refractivity contribution is -0.137. The summed E-state index contributed by atoms with van der Waals surface area (Å²) in [5, 5.41) is 3.76. The predicted octanol–water partition coefficient (Wildman–Crippen LogP) is 7.07. The van der Waals surface area contributed by atoms with E-state index in [4.69, 9.17) is 16.3 Å². The van der Waals surface area contributed by atoms with Crippen LogP contribution in [-0.2, 0) is 22.1 Å². The van der Waals surface area contributed by atoms with Crippen LogP contribution in [0.5, 0.6) is 0 Å². The Hall–Kier alpha value is -2.83. The first-order valence-electron chi connectivity index (χ1n) is 11.0. The highest BCUT2D eigenvalue weighted by Crippen LogP contribution is 2.44. The quantitative estimate of drug-likeness (QED) is 0.418. The van der Waals surface area contributed by atoms with Gasteiger partial charge in [-0.1, -0.05) is 66.2 Å². The van der Waals surface area contributed by atoms with Gasteiger partial charge in [-0.25, -0.2) is 0 Å². The first-order valence-corrected chi connectivity index (χ1v) is 11.4. The minimum absolute atomic E-state index is 0.114. The van der Waals surface area contributed by atoms with Crippen molar-refractivity contribution < 1.29 is 22.7 Å². The molecule has 0 spiro atoms. The maximum Gasteiger partial charge on any atom is 0.416 e. The lowest BCUT2D eigenvalue weighted by atomic mass is 9.81. The van der Waals surface area contributed by atoms with Gasteiger partial charge in [-0.2, -0.15) is 13.2 Å². The molecule has 0 unspecified atom stereocenters. The Morgan fingerprint density at radius 3 is 2.00 bits per heavy atom. The van der Waals surface area contributed by atoms with Gasteiger partial charge in [-0.15, -0.1) is 0 Å². The Morgan fingerprint density at radius 2 is 1.47 bits per heavy atom. The Morgan fingerprint density at radius 1 is 0.941 bits per heavy atom. The topological polar surface area (TPSA) is 38.3 Å². The van der Waals surface area contributed by atoms with Gasteiger partial charge in [0.15, 0.2) is 0 Å². The molecule has 3 aromatic carbocycles. The van der Waals surface area contributed by atoms with Crippen LogP contribution in [-0.4, -0.2) is 11.4 Å². The molecule has 34 heavy (non-hydrogen) atoms. The molecule has 178 valence electrons. The minimum Gasteiger partial charge on any atom is -0.365 e. The number of alkyl halides is 3. The molecule has 0 aromatic heterocycles. The van der Waals surface area contributed by atoms with Gasteiger partial charge >= 0.3 is 6.18 Å². The van der Waals surface area contributed by atoms with Crippen molar-refractivity contribution in [1.82, 2.24) is 5.32 Å². The van der Waals surface area contributed by atoms with E-state index in [1.54, 1.807) is 12.1 Å². The summed E-state index contributed by atoms with van der Waals surface area (Å²) in [5.41, 5.74) is 1.10. The molecule has 7 heteroatoms. The number of amides is 1. The number of carbonyl (C=O) groups excluding carboxylic acids is 1. The average molecular weight is 488 g/mol. The van der Waals surface area contributed by atoms with Crippen molar-refractivity contribution in [2.24, 2.45) is 0 Å².